The van der Waals surface area contributed by atoms with E-state index >= 15 is 0 Å². The number of ether oxygens (including phenoxy) is 1. The van der Waals surface area contributed by atoms with Gasteiger partial charge in [-0.05, 0) is 49.4 Å². The number of rotatable bonds is 7. The smallest absolute Gasteiger partial charge is 0.331 e. The van der Waals surface area contributed by atoms with E-state index in [9.17, 15) is 9.59 Å². The summed E-state index contributed by atoms with van der Waals surface area (Å²) in [5, 5.41) is 9.50. The number of carbonyl (C=O) groups is 2. The Balaban J connectivity index is 1.51. The number of amides is 1. The topological polar surface area (TPSA) is 73.2 Å². The minimum atomic E-state index is -0.823. The largest absolute Gasteiger partial charge is 0.449 e. The molecule has 1 aliphatic carbocycles. The van der Waals surface area contributed by atoms with E-state index in [4.69, 9.17) is 4.74 Å². The Morgan fingerprint density at radius 1 is 1.24 bits per heavy atom. The third kappa shape index (κ3) is 4.81. The fourth-order valence-electron chi connectivity index (χ4n) is 2.80. The number of nitrogens with one attached hydrogen (secondary N) is 1. The molecule has 0 spiro atoms. The van der Waals surface area contributed by atoms with Crippen LogP contribution in [0.25, 0.3) is 22.3 Å². The molecule has 0 radical (unpaired) electrons. The maximum absolute atomic E-state index is 12.2. The quantitative estimate of drug-likeness (QED) is 0.477. The van der Waals surface area contributed by atoms with Crippen LogP contribution in [0.3, 0.4) is 0 Å². The lowest BCUT2D eigenvalue weighted by Crippen LogP contribution is -2.36. The molecule has 29 heavy (non-hydrogen) atoms. The zero-order chi connectivity index (χ0) is 20.2. The summed E-state index contributed by atoms with van der Waals surface area (Å²) in [6.07, 6.45) is 6.04. The van der Waals surface area contributed by atoms with E-state index in [1.54, 1.807) is 29.0 Å². The van der Waals surface area contributed by atoms with Crippen molar-refractivity contribution < 1.29 is 14.3 Å². The highest BCUT2D eigenvalue weighted by atomic mass is 32.1. The number of hydrogen-bond acceptors (Lipinski definition) is 5. The predicted octanol–water partition coefficient (Wildman–Crippen LogP) is 3.82. The molecule has 3 aromatic rings. The number of nitrogens with zero attached hydrogens (tertiary/aromatic N) is 2. The molecule has 1 atom stereocenters. The molecule has 2 heterocycles. The van der Waals surface area contributed by atoms with Crippen LogP contribution in [-0.4, -0.2) is 33.8 Å². The highest BCUT2D eigenvalue weighted by Gasteiger charge is 2.26. The highest BCUT2D eigenvalue weighted by Crippen LogP contribution is 2.28. The highest BCUT2D eigenvalue weighted by molar-refractivity contribution is 7.13. The summed E-state index contributed by atoms with van der Waals surface area (Å²) in [4.78, 5) is 25.1. The molecule has 1 saturated carbocycles. The number of hydrogen-bond donors (Lipinski definition) is 1. The summed E-state index contributed by atoms with van der Waals surface area (Å²) >= 11 is 1.58. The molecule has 1 aliphatic rings. The van der Waals surface area contributed by atoms with Crippen LogP contribution in [0.1, 0.15) is 25.3 Å². The Kier molecular flexibility index (Phi) is 5.57. The van der Waals surface area contributed by atoms with E-state index in [0.29, 0.717) is 0 Å². The van der Waals surface area contributed by atoms with Crippen molar-refractivity contribution in [3.63, 3.8) is 0 Å². The van der Waals surface area contributed by atoms with Crippen molar-refractivity contribution in [2.24, 2.45) is 0 Å². The van der Waals surface area contributed by atoms with E-state index in [1.807, 2.05) is 54.0 Å². The Bertz CT molecular complexity index is 1020. The zero-order valence-electron chi connectivity index (χ0n) is 15.9. The second-order valence-corrected chi connectivity index (χ2v) is 7.83. The second kappa shape index (κ2) is 8.45. The van der Waals surface area contributed by atoms with Crippen LogP contribution in [-0.2, 0) is 14.3 Å². The number of benzene rings is 1. The van der Waals surface area contributed by atoms with Gasteiger partial charge in [-0.25, -0.2) is 9.48 Å². The maximum atomic E-state index is 12.2. The minimum Gasteiger partial charge on any atom is -0.449 e. The second-order valence-electron chi connectivity index (χ2n) is 6.89. The van der Waals surface area contributed by atoms with Gasteiger partial charge >= 0.3 is 5.97 Å². The van der Waals surface area contributed by atoms with Crippen LogP contribution < -0.4 is 5.32 Å². The van der Waals surface area contributed by atoms with E-state index < -0.39 is 12.1 Å². The molecule has 4 rings (SSSR count). The van der Waals surface area contributed by atoms with E-state index in [1.165, 1.54) is 6.08 Å². The van der Waals surface area contributed by atoms with Crippen LogP contribution in [0.15, 0.2) is 60.1 Å². The summed E-state index contributed by atoms with van der Waals surface area (Å²) in [5.74, 6) is -0.821. The third-order valence-electron chi connectivity index (χ3n) is 4.50. The van der Waals surface area contributed by atoms with Gasteiger partial charge in [0.2, 0.25) is 0 Å². The SMILES string of the molecule is C[C@H](OC(=O)/C=C/c1cn(-c2ccccc2)nc1-c1cccs1)C(=O)NC1CC1. The Hall–Kier alpha value is -3.19. The van der Waals surface area contributed by atoms with Crippen molar-refractivity contribution in [1.82, 2.24) is 15.1 Å². The number of aromatic nitrogens is 2. The van der Waals surface area contributed by atoms with Crippen LogP contribution in [0.2, 0.25) is 0 Å². The van der Waals surface area contributed by atoms with Crippen molar-refractivity contribution in [3.8, 4) is 16.3 Å². The fraction of sp³-hybridized carbons (Fsp3) is 0.227. The minimum absolute atomic E-state index is 0.233. The van der Waals surface area contributed by atoms with Gasteiger partial charge in [0.25, 0.3) is 5.91 Å². The Morgan fingerprint density at radius 2 is 2.03 bits per heavy atom. The number of para-hydroxylation sites is 1. The lowest BCUT2D eigenvalue weighted by molar-refractivity contribution is -0.150. The van der Waals surface area contributed by atoms with Crippen molar-refractivity contribution >= 4 is 29.3 Å². The molecular weight excluding hydrogens is 386 g/mol. The van der Waals surface area contributed by atoms with Crippen molar-refractivity contribution in [2.75, 3.05) is 0 Å². The average Bonchev–Trinajstić information content (AvgIpc) is 3.20. The lowest BCUT2D eigenvalue weighted by Gasteiger charge is -2.11. The van der Waals surface area contributed by atoms with Gasteiger partial charge in [0.1, 0.15) is 5.69 Å². The molecule has 6 nitrogen and oxygen atoms in total. The van der Waals surface area contributed by atoms with Gasteiger partial charge in [-0.15, -0.1) is 11.3 Å². The average molecular weight is 407 g/mol. The maximum Gasteiger partial charge on any atom is 0.331 e. The normalized spacial score (nSPS) is 14.7. The predicted molar refractivity (Wildman–Crippen MR) is 113 cm³/mol. The number of esters is 1. The number of carbonyl (C=O) groups excluding carboxylic acids is 2. The van der Waals surface area contributed by atoms with Crippen LogP contribution >= 0.6 is 11.3 Å². The molecule has 2 aromatic heterocycles. The fourth-order valence-corrected chi connectivity index (χ4v) is 3.53. The van der Waals surface area contributed by atoms with Gasteiger partial charge < -0.3 is 10.1 Å². The molecule has 0 saturated heterocycles. The first-order valence-electron chi connectivity index (χ1n) is 9.48. The van der Waals surface area contributed by atoms with Crippen molar-refractivity contribution in [2.45, 2.75) is 31.9 Å². The first-order valence-corrected chi connectivity index (χ1v) is 10.4. The molecule has 1 N–H and O–H groups in total. The standard InChI is InChI=1S/C22H21N3O3S/c1-15(22(27)23-17-10-11-17)28-20(26)12-9-16-14-25(18-6-3-2-4-7-18)24-21(16)19-8-5-13-29-19/h2-9,12-15,17H,10-11H2,1H3,(H,23,27)/b12-9+/t15-/m0/s1. The summed E-state index contributed by atoms with van der Waals surface area (Å²) in [6, 6.07) is 14.0. The van der Waals surface area contributed by atoms with Crippen molar-refractivity contribution in [3.05, 3.63) is 65.7 Å². The summed E-state index contributed by atoms with van der Waals surface area (Å²) < 4.78 is 7.01. The molecule has 1 fully saturated rings. The molecule has 0 bridgehead atoms. The summed E-state index contributed by atoms with van der Waals surface area (Å²) in [5.41, 5.74) is 2.51. The van der Waals surface area contributed by atoms with Gasteiger partial charge in [0.15, 0.2) is 6.10 Å². The lowest BCUT2D eigenvalue weighted by atomic mass is 10.2. The molecule has 1 aromatic carbocycles. The summed E-state index contributed by atoms with van der Waals surface area (Å²) in [7, 11) is 0. The van der Waals surface area contributed by atoms with Crippen LogP contribution in [0, 0.1) is 0 Å². The molecule has 7 heteroatoms. The number of thiophene rings is 1. The van der Waals surface area contributed by atoms with E-state index in [-0.39, 0.29) is 11.9 Å². The molecule has 0 aliphatic heterocycles. The van der Waals surface area contributed by atoms with Gasteiger partial charge in [-0.3, -0.25) is 4.79 Å². The van der Waals surface area contributed by atoms with Crippen LogP contribution in [0.5, 0.6) is 0 Å². The van der Waals surface area contributed by atoms with Crippen LogP contribution in [0.4, 0.5) is 0 Å². The first kappa shape index (κ1) is 19.1. The van der Waals surface area contributed by atoms with Gasteiger partial charge in [0, 0.05) is 23.9 Å². The zero-order valence-corrected chi connectivity index (χ0v) is 16.8. The molecule has 1 amide bonds. The molecular formula is C22H21N3O3S. The van der Waals surface area contributed by atoms with Gasteiger partial charge in [0.05, 0.1) is 10.6 Å². The Labute approximate surface area is 172 Å². The summed E-state index contributed by atoms with van der Waals surface area (Å²) in [6.45, 7) is 1.58. The monoisotopic (exact) mass is 407 g/mol. The van der Waals surface area contributed by atoms with E-state index in [0.717, 1.165) is 34.7 Å². The van der Waals surface area contributed by atoms with Gasteiger partial charge in [-0.1, -0.05) is 24.3 Å². The molecule has 0 unspecified atom stereocenters. The third-order valence-corrected chi connectivity index (χ3v) is 5.38. The van der Waals surface area contributed by atoms with Crippen molar-refractivity contribution in [1.29, 1.82) is 0 Å². The first-order chi connectivity index (χ1) is 14.1. The molecule has 148 valence electrons. The van der Waals surface area contributed by atoms with E-state index in [2.05, 4.69) is 10.4 Å². The van der Waals surface area contributed by atoms with Gasteiger partial charge in [-0.2, -0.15) is 5.10 Å². The Morgan fingerprint density at radius 3 is 2.72 bits per heavy atom.